The third kappa shape index (κ3) is 5.23. The van der Waals surface area contributed by atoms with Crippen molar-refractivity contribution >= 4 is 0 Å². The number of aromatic hydroxyl groups is 1. The number of nitrogens with two attached hydrogens (primary N) is 1. The van der Waals surface area contributed by atoms with E-state index in [1.54, 1.807) is 0 Å². The summed E-state index contributed by atoms with van der Waals surface area (Å²) in [7, 11) is 2.07. The number of ether oxygens (including phenoxy) is 1. The molecule has 264 valence electrons. The molecule has 2 spiro atoms. The van der Waals surface area contributed by atoms with E-state index in [4.69, 9.17) is 10.5 Å². The van der Waals surface area contributed by atoms with Crippen LogP contribution in [0.15, 0.2) is 18.2 Å². The van der Waals surface area contributed by atoms with Crippen molar-refractivity contribution in [1.29, 1.82) is 0 Å². The second-order valence-electron chi connectivity index (χ2n) is 18.3. The predicted molar refractivity (Wildman–Crippen MR) is 189 cm³/mol. The molecule has 5 saturated carbocycles. The molecule has 48 heavy (non-hydrogen) atoms. The molecular formula is C42H62N2O4. The third-order valence-electron chi connectivity index (χ3n) is 15.8. The number of aliphatic hydroxyl groups excluding tert-OH is 2. The minimum Gasteiger partial charge on any atom is -0.508 e. The Morgan fingerprint density at radius 3 is 2.56 bits per heavy atom. The molecule has 6 nitrogen and oxygen atoms in total. The lowest BCUT2D eigenvalue weighted by Gasteiger charge is -2.75. The van der Waals surface area contributed by atoms with E-state index in [0.717, 1.165) is 69.9 Å². The van der Waals surface area contributed by atoms with E-state index < -0.39 is 16.7 Å². The molecule has 8 aliphatic rings. The second kappa shape index (κ2) is 12.6. The zero-order valence-electron chi connectivity index (χ0n) is 29.7. The van der Waals surface area contributed by atoms with Crippen molar-refractivity contribution in [2.45, 2.75) is 126 Å². The zero-order chi connectivity index (χ0) is 33.3. The van der Waals surface area contributed by atoms with Crippen LogP contribution in [0.4, 0.5) is 0 Å². The van der Waals surface area contributed by atoms with Gasteiger partial charge in [0.25, 0.3) is 0 Å². The number of phenolic OH excluding ortho intramolecular Hbond substituents is 1. The molecular weight excluding hydrogens is 596 g/mol. The van der Waals surface area contributed by atoms with E-state index in [-0.39, 0.29) is 31.0 Å². The lowest BCUT2D eigenvalue weighted by Crippen LogP contribution is -2.84. The van der Waals surface area contributed by atoms with E-state index in [1.807, 2.05) is 12.1 Å². The Morgan fingerprint density at radius 1 is 0.979 bits per heavy atom. The minimum absolute atomic E-state index is 0.00664. The van der Waals surface area contributed by atoms with Gasteiger partial charge in [-0.1, -0.05) is 30.7 Å². The molecule has 2 heterocycles. The van der Waals surface area contributed by atoms with E-state index in [0.29, 0.717) is 53.1 Å². The Hall–Kier alpha value is -1.62. The summed E-state index contributed by atoms with van der Waals surface area (Å²) in [5.41, 5.74) is 9.53. The normalized spacial score (nSPS) is 45.8. The molecule has 0 amide bonds. The van der Waals surface area contributed by atoms with Crippen molar-refractivity contribution in [1.82, 2.24) is 5.32 Å². The highest BCUT2D eigenvalue weighted by atomic mass is 16.5. The Labute approximate surface area is 289 Å². The molecule has 6 N–H and O–H groups in total. The number of nitrogens with one attached hydrogen (secondary N) is 1. The Balaban J connectivity index is 1.29. The monoisotopic (exact) mass is 658 g/mol. The first kappa shape index (κ1) is 33.5. The van der Waals surface area contributed by atoms with Gasteiger partial charge in [-0.25, -0.2) is 0 Å². The van der Waals surface area contributed by atoms with Crippen molar-refractivity contribution in [3.8, 4) is 17.6 Å². The summed E-state index contributed by atoms with van der Waals surface area (Å²) in [6.45, 7) is 3.80. The smallest absolute Gasteiger partial charge is 0.115 e. The molecule has 9 rings (SSSR count). The van der Waals surface area contributed by atoms with E-state index in [9.17, 15) is 15.3 Å². The standard InChI is InChI=1S/C42H62N2O4/c1-39(34-18-27(12-15-45)16-29(20-34)25-44-2)38-32-8-10-33(26-46)42(38,43)37-7-5-6-30-21-36(47)11-9-31(30)17-28-19-35(41(37,23-32)48-39)24-40(22-28)13-3-4-14-40/h9,11,21,27-29,32-35,37-38,44-47H,3-4,6,8,10,12-20,22-26,43H2,1-2H3/t27-,28-,29-,32+,33-,34-,35-,37-,38+,39-,41+,42-/m0/s1. The first-order valence-corrected chi connectivity index (χ1v) is 19.8. The largest absolute Gasteiger partial charge is 0.508 e. The molecule has 6 heteroatoms. The van der Waals surface area contributed by atoms with Gasteiger partial charge in [-0.05, 0) is 168 Å². The van der Waals surface area contributed by atoms with Gasteiger partial charge in [0.2, 0.25) is 0 Å². The summed E-state index contributed by atoms with van der Waals surface area (Å²) in [5, 5.41) is 35.2. The number of aliphatic hydroxyl groups is 2. The lowest BCUT2D eigenvalue weighted by atomic mass is 9.38. The SMILES string of the molecule is CNC[C@H]1C[C@H](CCO)C[C@H]([C@]2(C)O[C@@]34C[C@H]5CC[C@@H](CO)[C@@](N)([C@H]52)[C@H]3C#CCc2cc(O)ccc2C[C@H]2C[C@H]4CC3(CCCC3)C2)C1. The Kier molecular flexibility index (Phi) is 8.77. The molecule has 2 saturated heterocycles. The van der Waals surface area contributed by atoms with Crippen molar-refractivity contribution in [3.05, 3.63) is 29.3 Å². The molecule has 12 atom stereocenters. The topological polar surface area (TPSA) is 108 Å². The van der Waals surface area contributed by atoms with Crippen LogP contribution in [0.2, 0.25) is 0 Å². The lowest BCUT2D eigenvalue weighted by molar-refractivity contribution is -0.363. The van der Waals surface area contributed by atoms with Gasteiger partial charge in [0.15, 0.2) is 0 Å². The summed E-state index contributed by atoms with van der Waals surface area (Å²) in [4.78, 5) is 0. The van der Waals surface area contributed by atoms with E-state index in [2.05, 4.69) is 37.2 Å². The van der Waals surface area contributed by atoms with Gasteiger partial charge in [-0.15, -0.1) is 0 Å². The summed E-state index contributed by atoms with van der Waals surface area (Å²) < 4.78 is 8.12. The Bertz CT molecular complexity index is 1400. The van der Waals surface area contributed by atoms with Crippen LogP contribution in [-0.2, 0) is 17.6 Å². The number of hydrogen-bond donors (Lipinski definition) is 5. The van der Waals surface area contributed by atoms with Crippen molar-refractivity contribution < 1.29 is 20.1 Å². The predicted octanol–water partition coefficient (Wildman–Crippen LogP) is 5.99. The highest BCUT2D eigenvalue weighted by molar-refractivity contribution is 5.40. The summed E-state index contributed by atoms with van der Waals surface area (Å²) in [6, 6.07) is 5.97. The van der Waals surface area contributed by atoms with Crippen molar-refractivity contribution in [3.63, 3.8) is 0 Å². The highest BCUT2D eigenvalue weighted by Crippen LogP contribution is 2.71. The van der Waals surface area contributed by atoms with Crippen LogP contribution in [0.25, 0.3) is 0 Å². The molecule has 0 radical (unpaired) electrons. The van der Waals surface area contributed by atoms with Crippen LogP contribution in [-0.4, -0.2) is 58.9 Å². The van der Waals surface area contributed by atoms with Crippen LogP contribution >= 0.6 is 0 Å². The molecule has 0 unspecified atom stereocenters. The van der Waals surface area contributed by atoms with Gasteiger partial charge in [-0.3, -0.25) is 0 Å². The van der Waals surface area contributed by atoms with Gasteiger partial charge < -0.3 is 31.1 Å². The minimum atomic E-state index is -0.621. The molecule has 1 aromatic rings. The second-order valence-corrected chi connectivity index (χ2v) is 18.3. The van der Waals surface area contributed by atoms with Gasteiger partial charge in [0.05, 0.1) is 17.1 Å². The zero-order valence-corrected chi connectivity index (χ0v) is 29.7. The molecule has 6 aliphatic carbocycles. The van der Waals surface area contributed by atoms with Gasteiger partial charge in [0, 0.05) is 37.0 Å². The maximum atomic E-state index is 11.1. The fourth-order valence-corrected chi connectivity index (χ4v) is 14.2. The molecule has 1 aromatic carbocycles. The molecule has 0 aromatic heterocycles. The van der Waals surface area contributed by atoms with Crippen molar-refractivity contribution in [2.75, 3.05) is 26.8 Å². The maximum absolute atomic E-state index is 11.1. The Morgan fingerprint density at radius 2 is 1.79 bits per heavy atom. The number of benzene rings is 1. The van der Waals surface area contributed by atoms with Crippen LogP contribution in [0.3, 0.4) is 0 Å². The fourth-order valence-electron chi connectivity index (χ4n) is 14.2. The van der Waals surface area contributed by atoms with Crippen LogP contribution < -0.4 is 11.1 Å². The third-order valence-corrected chi connectivity index (χ3v) is 15.8. The quantitative estimate of drug-likeness (QED) is 0.241. The maximum Gasteiger partial charge on any atom is 0.115 e. The number of hydrogen-bond acceptors (Lipinski definition) is 6. The molecule has 2 aliphatic heterocycles. The average Bonchev–Trinajstić information content (AvgIpc) is 3.49. The molecule has 7 fully saturated rings. The van der Waals surface area contributed by atoms with Gasteiger partial charge in [-0.2, -0.15) is 0 Å². The summed E-state index contributed by atoms with van der Waals surface area (Å²) in [5.74, 6) is 10.8. The van der Waals surface area contributed by atoms with Crippen LogP contribution in [0.1, 0.15) is 108 Å². The highest BCUT2D eigenvalue weighted by Gasteiger charge is 2.76. The van der Waals surface area contributed by atoms with E-state index in [1.165, 1.54) is 44.1 Å². The van der Waals surface area contributed by atoms with Crippen LogP contribution in [0.5, 0.6) is 5.75 Å². The number of phenols is 1. The first-order valence-electron chi connectivity index (χ1n) is 19.8. The van der Waals surface area contributed by atoms with Gasteiger partial charge in [0.1, 0.15) is 5.75 Å². The first-order chi connectivity index (χ1) is 23.2. The molecule has 6 bridgehead atoms. The van der Waals surface area contributed by atoms with Gasteiger partial charge >= 0.3 is 0 Å². The summed E-state index contributed by atoms with van der Waals surface area (Å²) in [6.07, 6.45) is 18.0. The fraction of sp³-hybridized carbons (Fsp3) is 0.810. The average molecular weight is 659 g/mol. The summed E-state index contributed by atoms with van der Waals surface area (Å²) >= 11 is 0. The number of rotatable bonds is 6. The van der Waals surface area contributed by atoms with Crippen molar-refractivity contribution in [2.24, 2.45) is 64.4 Å². The van der Waals surface area contributed by atoms with E-state index >= 15 is 0 Å². The number of fused-ring (bicyclic) bond motifs is 4. The van der Waals surface area contributed by atoms with Crippen LogP contribution in [0, 0.1) is 70.5 Å².